The van der Waals surface area contributed by atoms with Gasteiger partial charge in [-0.3, -0.25) is 15.1 Å². The maximum absolute atomic E-state index is 13.0. The minimum absolute atomic E-state index is 0.0581. The number of hydrogen-bond acceptors (Lipinski definition) is 3. The molecule has 1 saturated carbocycles. The molecule has 1 fully saturated rings. The van der Waals surface area contributed by atoms with Crippen molar-refractivity contribution in [3.8, 4) is 0 Å². The maximum Gasteiger partial charge on any atom is 0.234 e. The molecule has 0 atom stereocenters. The summed E-state index contributed by atoms with van der Waals surface area (Å²) in [7, 11) is 0. The first-order chi connectivity index (χ1) is 10.7. The smallest absolute Gasteiger partial charge is 0.234 e. The molecule has 3 rings (SSSR count). The van der Waals surface area contributed by atoms with Crippen LogP contribution >= 0.6 is 0 Å². The Morgan fingerprint density at radius 3 is 2.64 bits per heavy atom. The molecule has 114 valence electrons. The fraction of sp³-hybridized carbons (Fsp3) is 0.294. The third-order valence-corrected chi connectivity index (χ3v) is 3.95. The molecule has 1 aliphatic rings. The van der Waals surface area contributed by atoms with Gasteiger partial charge in [0.2, 0.25) is 5.91 Å². The van der Waals surface area contributed by atoms with Gasteiger partial charge < -0.3 is 5.32 Å². The average Bonchev–Trinajstić information content (AvgIpc) is 3.34. The Kier molecular flexibility index (Phi) is 4.15. The van der Waals surface area contributed by atoms with Gasteiger partial charge in [0, 0.05) is 24.5 Å². The van der Waals surface area contributed by atoms with Gasteiger partial charge in [-0.25, -0.2) is 4.39 Å². The molecule has 2 aromatic rings. The molecule has 1 amide bonds. The lowest BCUT2D eigenvalue weighted by Crippen LogP contribution is -2.39. The Labute approximate surface area is 128 Å². The van der Waals surface area contributed by atoms with E-state index in [4.69, 9.17) is 0 Å². The number of pyridine rings is 1. The summed E-state index contributed by atoms with van der Waals surface area (Å²) < 4.78 is 13.0. The number of halogens is 1. The van der Waals surface area contributed by atoms with Crippen molar-refractivity contribution in [3.05, 3.63) is 65.7 Å². The molecule has 1 heterocycles. The number of rotatable bonds is 6. The summed E-state index contributed by atoms with van der Waals surface area (Å²) in [5, 5.41) is 6.15. The van der Waals surface area contributed by atoms with Gasteiger partial charge in [-0.05, 0) is 42.2 Å². The maximum atomic E-state index is 13.0. The van der Waals surface area contributed by atoms with E-state index < -0.39 is 0 Å². The van der Waals surface area contributed by atoms with Crippen molar-refractivity contribution < 1.29 is 9.18 Å². The minimum atomic E-state index is -0.242. The van der Waals surface area contributed by atoms with E-state index in [-0.39, 0.29) is 23.8 Å². The molecule has 0 radical (unpaired) electrons. The number of aromatic nitrogens is 1. The molecule has 1 aliphatic carbocycles. The van der Waals surface area contributed by atoms with Crippen molar-refractivity contribution in [1.82, 2.24) is 15.6 Å². The summed E-state index contributed by atoms with van der Waals surface area (Å²) in [4.78, 5) is 15.9. The summed E-state index contributed by atoms with van der Waals surface area (Å²) in [5.41, 5.74) is 1.84. The van der Waals surface area contributed by atoms with E-state index in [9.17, 15) is 9.18 Å². The van der Waals surface area contributed by atoms with Gasteiger partial charge in [0.05, 0.1) is 6.54 Å². The lowest BCUT2D eigenvalue weighted by molar-refractivity contribution is -0.120. The van der Waals surface area contributed by atoms with Crippen LogP contribution in [0.15, 0.2) is 48.8 Å². The lowest BCUT2D eigenvalue weighted by atomic mass is 10.1. The normalized spacial score (nSPS) is 15.3. The predicted octanol–water partition coefficient (Wildman–Crippen LogP) is 2.12. The molecule has 4 nitrogen and oxygen atoms in total. The summed E-state index contributed by atoms with van der Waals surface area (Å²) >= 11 is 0. The quantitative estimate of drug-likeness (QED) is 0.859. The van der Waals surface area contributed by atoms with Gasteiger partial charge in [0.1, 0.15) is 5.82 Å². The third kappa shape index (κ3) is 3.49. The first-order valence-electron chi connectivity index (χ1n) is 7.35. The van der Waals surface area contributed by atoms with E-state index in [1.807, 2.05) is 12.1 Å². The molecule has 0 aliphatic heterocycles. The van der Waals surface area contributed by atoms with Crippen LogP contribution in [0.25, 0.3) is 0 Å². The van der Waals surface area contributed by atoms with Crippen LogP contribution in [0, 0.1) is 5.82 Å². The van der Waals surface area contributed by atoms with Crippen molar-refractivity contribution in [2.24, 2.45) is 0 Å². The Balaban J connectivity index is 1.49. The molecule has 1 aromatic carbocycles. The fourth-order valence-corrected chi connectivity index (χ4v) is 2.48. The highest BCUT2D eigenvalue weighted by atomic mass is 19.1. The average molecular weight is 299 g/mol. The number of amides is 1. The highest BCUT2D eigenvalue weighted by molar-refractivity contribution is 5.78. The van der Waals surface area contributed by atoms with E-state index in [1.54, 1.807) is 24.5 Å². The van der Waals surface area contributed by atoms with Crippen LogP contribution in [0.2, 0.25) is 0 Å². The topological polar surface area (TPSA) is 54.0 Å². The molecule has 1 aromatic heterocycles. The molecular formula is C17H18FN3O. The SMILES string of the molecule is O=C(CNC1(c2ccc(F)cc2)CC1)NCc1cccnc1. The molecule has 22 heavy (non-hydrogen) atoms. The summed E-state index contributed by atoms with van der Waals surface area (Å²) in [6.07, 6.45) is 5.37. The van der Waals surface area contributed by atoms with Crippen LogP contribution in [0.3, 0.4) is 0 Å². The zero-order chi connectivity index (χ0) is 15.4. The van der Waals surface area contributed by atoms with Crippen molar-refractivity contribution in [1.29, 1.82) is 0 Å². The number of nitrogens with zero attached hydrogens (tertiary/aromatic N) is 1. The van der Waals surface area contributed by atoms with Gasteiger partial charge in [-0.15, -0.1) is 0 Å². The Morgan fingerprint density at radius 1 is 1.23 bits per heavy atom. The molecule has 0 unspecified atom stereocenters. The first-order valence-corrected chi connectivity index (χ1v) is 7.35. The van der Waals surface area contributed by atoms with E-state index in [0.29, 0.717) is 6.54 Å². The van der Waals surface area contributed by atoms with Gasteiger partial charge in [-0.2, -0.15) is 0 Å². The largest absolute Gasteiger partial charge is 0.351 e. The van der Waals surface area contributed by atoms with Gasteiger partial charge in [0.25, 0.3) is 0 Å². The highest BCUT2D eigenvalue weighted by Gasteiger charge is 2.43. The third-order valence-electron chi connectivity index (χ3n) is 3.95. The monoisotopic (exact) mass is 299 g/mol. The van der Waals surface area contributed by atoms with Crippen molar-refractivity contribution in [3.63, 3.8) is 0 Å². The second-order valence-electron chi connectivity index (χ2n) is 5.58. The standard InChI is InChI=1S/C17H18FN3O/c18-15-5-3-14(4-6-15)17(7-8-17)21-12-16(22)20-11-13-2-1-9-19-10-13/h1-6,9-10,21H,7-8,11-12H2,(H,20,22). The van der Waals surface area contributed by atoms with Crippen molar-refractivity contribution >= 4 is 5.91 Å². The van der Waals surface area contributed by atoms with E-state index in [2.05, 4.69) is 15.6 Å². The minimum Gasteiger partial charge on any atom is -0.351 e. The number of nitrogens with one attached hydrogen (secondary N) is 2. The van der Waals surface area contributed by atoms with E-state index in [1.165, 1.54) is 12.1 Å². The number of benzene rings is 1. The zero-order valence-electron chi connectivity index (χ0n) is 12.2. The summed E-state index contributed by atoms with van der Waals surface area (Å²) in [6, 6.07) is 10.2. The number of carbonyl (C=O) groups excluding carboxylic acids is 1. The van der Waals surface area contributed by atoms with Crippen LogP contribution in [-0.4, -0.2) is 17.4 Å². The fourth-order valence-electron chi connectivity index (χ4n) is 2.48. The molecule has 2 N–H and O–H groups in total. The zero-order valence-corrected chi connectivity index (χ0v) is 12.2. The van der Waals surface area contributed by atoms with Crippen LogP contribution in [0.1, 0.15) is 24.0 Å². The highest BCUT2D eigenvalue weighted by Crippen LogP contribution is 2.45. The number of hydrogen-bond donors (Lipinski definition) is 2. The summed E-state index contributed by atoms with van der Waals surface area (Å²) in [5.74, 6) is -0.300. The Hall–Kier alpha value is -2.27. The second-order valence-corrected chi connectivity index (χ2v) is 5.58. The van der Waals surface area contributed by atoms with Crippen LogP contribution in [0.4, 0.5) is 4.39 Å². The van der Waals surface area contributed by atoms with Crippen molar-refractivity contribution in [2.45, 2.75) is 24.9 Å². The predicted molar refractivity (Wildman–Crippen MR) is 81.4 cm³/mol. The number of carbonyl (C=O) groups is 1. The molecule has 0 spiro atoms. The van der Waals surface area contributed by atoms with Crippen LogP contribution < -0.4 is 10.6 Å². The summed E-state index contributed by atoms with van der Waals surface area (Å²) in [6.45, 7) is 0.718. The first kappa shape index (κ1) is 14.7. The molecule has 0 bridgehead atoms. The Morgan fingerprint density at radius 2 is 2.00 bits per heavy atom. The van der Waals surface area contributed by atoms with Gasteiger partial charge >= 0.3 is 0 Å². The Bertz CT molecular complexity index is 639. The molecular weight excluding hydrogens is 281 g/mol. The van der Waals surface area contributed by atoms with Gasteiger partial charge in [0.15, 0.2) is 0 Å². The lowest BCUT2D eigenvalue weighted by Gasteiger charge is -2.17. The van der Waals surface area contributed by atoms with E-state index >= 15 is 0 Å². The van der Waals surface area contributed by atoms with Crippen LogP contribution in [-0.2, 0) is 16.9 Å². The van der Waals surface area contributed by atoms with E-state index in [0.717, 1.165) is 24.0 Å². The van der Waals surface area contributed by atoms with Crippen molar-refractivity contribution in [2.75, 3.05) is 6.54 Å². The van der Waals surface area contributed by atoms with Crippen LogP contribution in [0.5, 0.6) is 0 Å². The molecule has 5 heteroatoms. The van der Waals surface area contributed by atoms with Gasteiger partial charge in [-0.1, -0.05) is 18.2 Å². The second kappa shape index (κ2) is 6.23. The molecule has 0 saturated heterocycles.